The highest BCUT2D eigenvalue weighted by Crippen LogP contribution is 2.39. The van der Waals surface area contributed by atoms with E-state index in [1.54, 1.807) is 0 Å². The average Bonchev–Trinajstić information content (AvgIpc) is 3.05. The summed E-state index contributed by atoms with van der Waals surface area (Å²) in [5.41, 5.74) is 2.01. The summed E-state index contributed by atoms with van der Waals surface area (Å²) < 4.78 is 0. The topological polar surface area (TPSA) is 32.7 Å². The lowest BCUT2D eigenvalue weighted by atomic mass is 9.85. The zero-order chi connectivity index (χ0) is 20.1. The molecule has 2 aromatic carbocycles. The molecule has 0 spiro atoms. The largest absolute Gasteiger partial charge is 0.283 e. The maximum atomic E-state index is 13.3. The Labute approximate surface area is 177 Å². The van der Waals surface area contributed by atoms with Crippen LogP contribution in [-0.4, -0.2) is 22.0 Å². The number of allylic oxidation sites excluding steroid dienone is 2. The summed E-state index contributed by atoms with van der Waals surface area (Å²) in [4.78, 5) is 20.9. The predicted molar refractivity (Wildman–Crippen MR) is 123 cm³/mol. The lowest BCUT2D eigenvalue weighted by Crippen LogP contribution is -2.44. The quantitative estimate of drug-likeness (QED) is 0.552. The molecule has 4 rings (SSSR count). The lowest BCUT2D eigenvalue weighted by molar-refractivity contribution is -0.125. The van der Waals surface area contributed by atoms with Gasteiger partial charge in [0.05, 0.1) is 10.6 Å². The zero-order valence-electron chi connectivity index (χ0n) is 16.7. The zero-order valence-corrected chi connectivity index (χ0v) is 17.5. The number of thioether (sulfide) groups is 1. The minimum atomic E-state index is 0.0844. The molecule has 0 aromatic heterocycles. The summed E-state index contributed by atoms with van der Waals surface area (Å²) in [6.45, 7) is 2.26. The molecule has 0 unspecified atom stereocenters. The van der Waals surface area contributed by atoms with Crippen molar-refractivity contribution in [1.29, 1.82) is 0 Å². The minimum absolute atomic E-state index is 0.0844. The first-order valence-electron chi connectivity index (χ1n) is 10.3. The van der Waals surface area contributed by atoms with Crippen molar-refractivity contribution in [3.05, 3.63) is 83.3 Å². The van der Waals surface area contributed by atoms with Crippen molar-refractivity contribution < 1.29 is 4.79 Å². The third-order valence-electron chi connectivity index (χ3n) is 5.55. The average molecular weight is 403 g/mol. The number of nitrogens with zero attached hydrogens (tertiary/aromatic N) is 2. The molecule has 1 saturated carbocycles. The van der Waals surface area contributed by atoms with E-state index in [2.05, 4.69) is 19.1 Å². The van der Waals surface area contributed by atoms with Gasteiger partial charge >= 0.3 is 0 Å². The van der Waals surface area contributed by atoms with Gasteiger partial charge in [0.1, 0.15) is 0 Å². The van der Waals surface area contributed by atoms with Crippen LogP contribution in [0.5, 0.6) is 0 Å². The Morgan fingerprint density at radius 1 is 1.00 bits per heavy atom. The molecule has 2 aromatic rings. The summed E-state index contributed by atoms with van der Waals surface area (Å²) >= 11 is 1.49. The summed E-state index contributed by atoms with van der Waals surface area (Å²) in [5, 5.41) is 0.805. The highest BCUT2D eigenvalue weighted by molar-refractivity contribution is 8.18. The van der Waals surface area contributed by atoms with E-state index in [0.29, 0.717) is 5.92 Å². The van der Waals surface area contributed by atoms with E-state index in [1.165, 1.54) is 31.0 Å². The second-order valence-electron chi connectivity index (χ2n) is 7.64. The smallest absolute Gasteiger partial charge is 0.266 e. The molecule has 4 heteroatoms. The second-order valence-corrected chi connectivity index (χ2v) is 8.65. The molecule has 2 aliphatic rings. The molecule has 1 aliphatic heterocycles. The summed E-state index contributed by atoms with van der Waals surface area (Å²) in [5.74, 6) is 0.578. The standard InChI is InChI=1S/C25H26N2OS/c1-19-11-8-9-17-22(19)27-24(28)23(18-10-14-20-12-4-2-5-13-20)29-25(27)26-21-15-6-3-7-16-21/h2-7,10,12-16,18-19,22H,8-9,11,17H2,1H3/b14-10+,23-18-,26-25?/t19-,22+/m0/s1. The molecule has 29 heavy (non-hydrogen) atoms. The molecule has 0 N–H and O–H groups in total. The number of benzene rings is 2. The number of carbonyl (C=O) groups excluding carboxylic acids is 1. The van der Waals surface area contributed by atoms with E-state index in [0.717, 1.165) is 27.7 Å². The van der Waals surface area contributed by atoms with Crippen LogP contribution in [-0.2, 0) is 4.79 Å². The van der Waals surface area contributed by atoms with E-state index in [4.69, 9.17) is 4.99 Å². The van der Waals surface area contributed by atoms with Crippen LogP contribution >= 0.6 is 11.8 Å². The Hall–Kier alpha value is -2.59. The van der Waals surface area contributed by atoms with E-state index in [9.17, 15) is 4.79 Å². The third kappa shape index (κ3) is 4.70. The monoisotopic (exact) mass is 402 g/mol. The van der Waals surface area contributed by atoms with Crippen LogP contribution in [0.4, 0.5) is 5.69 Å². The molecule has 3 nitrogen and oxygen atoms in total. The number of carbonyl (C=O) groups is 1. The van der Waals surface area contributed by atoms with Gasteiger partial charge < -0.3 is 0 Å². The molecule has 1 amide bonds. The molecule has 1 aliphatic carbocycles. The number of amidine groups is 1. The Balaban J connectivity index is 1.63. The second kappa shape index (κ2) is 9.27. The Bertz CT molecular complexity index is 934. The van der Waals surface area contributed by atoms with Crippen LogP contribution in [0.3, 0.4) is 0 Å². The molecule has 0 radical (unpaired) electrons. The van der Waals surface area contributed by atoms with Crippen molar-refractivity contribution in [2.75, 3.05) is 0 Å². The van der Waals surface area contributed by atoms with Gasteiger partial charge in [-0.25, -0.2) is 4.99 Å². The van der Waals surface area contributed by atoms with Gasteiger partial charge in [-0.1, -0.05) is 80.4 Å². The fourth-order valence-corrected chi connectivity index (χ4v) is 4.97. The van der Waals surface area contributed by atoms with Crippen molar-refractivity contribution in [3.8, 4) is 0 Å². The SMILES string of the molecule is C[C@H]1CCCC[C@H]1N1C(=O)/C(=C/C=C/c2ccccc2)SC1=Nc1ccccc1. The highest BCUT2D eigenvalue weighted by atomic mass is 32.2. The van der Waals surface area contributed by atoms with Crippen LogP contribution in [0.2, 0.25) is 0 Å². The molecular weight excluding hydrogens is 376 g/mol. The number of rotatable bonds is 4. The van der Waals surface area contributed by atoms with Gasteiger partial charge in [-0.2, -0.15) is 0 Å². The summed E-state index contributed by atoms with van der Waals surface area (Å²) in [6.07, 6.45) is 10.6. The van der Waals surface area contributed by atoms with Crippen LogP contribution < -0.4 is 0 Å². The van der Waals surface area contributed by atoms with Gasteiger partial charge in [0, 0.05) is 6.04 Å². The minimum Gasteiger partial charge on any atom is -0.283 e. The normalized spacial score (nSPS) is 25.4. The number of hydrogen-bond acceptors (Lipinski definition) is 3. The first-order valence-corrected chi connectivity index (χ1v) is 11.1. The van der Waals surface area contributed by atoms with Crippen molar-refractivity contribution >= 4 is 34.6 Å². The van der Waals surface area contributed by atoms with Gasteiger partial charge in [0.25, 0.3) is 5.91 Å². The van der Waals surface area contributed by atoms with E-state index in [1.807, 2.05) is 71.7 Å². The van der Waals surface area contributed by atoms with Gasteiger partial charge in [-0.3, -0.25) is 9.69 Å². The van der Waals surface area contributed by atoms with E-state index in [-0.39, 0.29) is 11.9 Å². The third-order valence-corrected chi connectivity index (χ3v) is 6.55. The molecular formula is C25H26N2OS. The van der Waals surface area contributed by atoms with Crippen molar-refractivity contribution in [2.24, 2.45) is 10.9 Å². The Morgan fingerprint density at radius 3 is 2.41 bits per heavy atom. The molecule has 148 valence electrons. The Morgan fingerprint density at radius 2 is 1.69 bits per heavy atom. The molecule has 2 fully saturated rings. The van der Waals surface area contributed by atoms with Gasteiger partial charge in [0.15, 0.2) is 5.17 Å². The molecule has 0 bridgehead atoms. The summed E-state index contributed by atoms with van der Waals surface area (Å²) in [7, 11) is 0. The fraction of sp³-hybridized carbons (Fsp3) is 0.280. The van der Waals surface area contributed by atoms with Crippen molar-refractivity contribution in [2.45, 2.75) is 38.6 Å². The predicted octanol–water partition coefficient (Wildman–Crippen LogP) is 6.43. The Kier molecular flexibility index (Phi) is 6.30. The first-order chi connectivity index (χ1) is 14.2. The highest BCUT2D eigenvalue weighted by Gasteiger charge is 2.40. The van der Waals surface area contributed by atoms with Crippen LogP contribution in [0.25, 0.3) is 6.08 Å². The van der Waals surface area contributed by atoms with Gasteiger partial charge in [-0.15, -0.1) is 0 Å². The maximum absolute atomic E-state index is 13.3. The van der Waals surface area contributed by atoms with Crippen LogP contribution in [0.15, 0.2) is 82.7 Å². The lowest BCUT2D eigenvalue weighted by Gasteiger charge is -2.35. The van der Waals surface area contributed by atoms with E-state index >= 15 is 0 Å². The van der Waals surface area contributed by atoms with E-state index < -0.39 is 0 Å². The van der Waals surface area contributed by atoms with Crippen LogP contribution in [0.1, 0.15) is 38.2 Å². The molecule has 1 saturated heterocycles. The maximum Gasteiger partial charge on any atom is 0.266 e. The number of hydrogen-bond donors (Lipinski definition) is 0. The number of para-hydroxylation sites is 1. The number of aliphatic imine (C=N–C) groups is 1. The van der Waals surface area contributed by atoms with Crippen molar-refractivity contribution in [1.82, 2.24) is 4.90 Å². The fourth-order valence-electron chi connectivity index (χ4n) is 3.98. The van der Waals surface area contributed by atoms with Crippen LogP contribution in [0, 0.1) is 5.92 Å². The first kappa shape index (κ1) is 19.7. The number of amides is 1. The van der Waals surface area contributed by atoms with Gasteiger partial charge in [-0.05, 0) is 54.3 Å². The van der Waals surface area contributed by atoms with Gasteiger partial charge in [0.2, 0.25) is 0 Å². The van der Waals surface area contributed by atoms with Crippen molar-refractivity contribution in [3.63, 3.8) is 0 Å². The molecule has 1 heterocycles. The molecule has 2 atom stereocenters. The summed E-state index contributed by atoms with van der Waals surface area (Å²) in [6, 6.07) is 20.3.